The highest BCUT2D eigenvalue weighted by Crippen LogP contribution is 2.71. The van der Waals surface area contributed by atoms with Gasteiger partial charge in [0.25, 0.3) is 0 Å². The molecule has 1 heterocycles. The van der Waals surface area contributed by atoms with Gasteiger partial charge in [-0.3, -0.25) is 14.4 Å². The SMILES string of the molecule is CC.CC.COC(=O)CCC(C)C1CCC2C3C(C)CC4CC(CC5CC(C(C)CCC6C(=O)OC(=O)C6C)CC5C)CCC4(C)C3CC(C)C12C. The summed E-state index contributed by atoms with van der Waals surface area (Å²) in [6, 6.07) is 0. The highest BCUT2D eigenvalue weighted by Gasteiger charge is 2.64. The molecule has 0 aromatic heterocycles. The second-order valence-corrected chi connectivity index (χ2v) is 19.5. The van der Waals surface area contributed by atoms with E-state index in [1.165, 1.54) is 71.3 Å². The molecular weight excluding hydrogens is 645 g/mol. The van der Waals surface area contributed by atoms with Crippen molar-refractivity contribution in [2.75, 3.05) is 7.11 Å². The fraction of sp³-hybridized carbons (Fsp3) is 0.936. The van der Waals surface area contributed by atoms with Crippen LogP contribution in [0, 0.1) is 99.6 Å². The molecule has 5 aliphatic carbocycles. The molecule has 17 atom stereocenters. The molecule has 5 heteroatoms. The van der Waals surface area contributed by atoms with E-state index in [1.807, 2.05) is 34.6 Å². The van der Waals surface area contributed by atoms with Crippen molar-refractivity contribution in [2.45, 2.75) is 173 Å². The van der Waals surface area contributed by atoms with Crippen molar-refractivity contribution in [2.24, 2.45) is 99.6 Å². The fourth-order valence-corrected chi connectivity index (χ4v) is 14.2. The van der Waals surface area contributed by atoms with Crippen LogP contribution in [0.25, 0.3) is 0 Å². The van der Waals surface area contributed by atoms with Crippen molar-refractivity contribution in [3.05, 3.63) is 0 Å². The lowest BCUT2D eigenvalue weighted by Gasteiger charge is -2.65. The van der Waals surface area contributed by atoms with Gasteiger partial charge < -0.3 is 9.47 Å². The lowest BCUT2D eigenvalue weighted by molar-refractivity contribution is -0.164. The number of fused-ring (bicyclic) bond motifs is 5. The van der Waals surface area contributed by atoms with Gasteiger partial charge in [-0.05, 0) is 171 Å². The van der Waals surface area contributed by atoms with Gasteiger partial charge in [0.05, 0.1) is 18.9 Å². The number of esters is 3. The molecule has 0 aromatic carbocycles. The molecule has 1 saturated heterocycles. The van der Waals surface area contributed by atoms with Gasteiger partial charge >= 0.3 is 17.9 Å². The predicted molar refractivity (Wildman–Crippen MR) is 213 cm³/mol. The molecule has 6 fully saturated rings. The van der Waals surface area contributed by atoms with E-state index in [0.29, 0.717) is 29.1 Å². The maximum absolute atomic E-state index is 12.2. The van der Waals surface area contributed by atoms with Crippen LogP contribution in [0.1, 0.15) is 173 Å². The van der Waals surface area contributed by atoms with E-state index in [1.54, 1.807) is 0 Å². The third-order valence-electron chi connectivity index (χ3n) is 17.4. The Morgan fingerprint density at radius 3 is 2.15 bits per heavy atom. The monoisotopic (exact) mass is 727 g/mol. The molecule has 5 saturated carbocycles. The molecule has 0 aromatic rings. The number of ether oxygens (including phenoxy) is 2. The van der Waals surface area contributed by atoms with Crippen LogP contribution in [-0.2, 0) is 23.9 Å². The van der Waals surface area contributed by atoms with Crippen LogP contribution in [0.3, 0.4) is 0 Å². The number of hydrogen-bond acceptors (Lipinski definition) is 5. The maximum atomic E-state index is 12.2. The van der Waals surface area contributed by atoms with Crippen molar-refractivity contribution in [1.82, 2.24) is 0 Å². The average molecular weight is 727 g/mol. The van der Waals surface area contributed by atoms with E-state index in [2.05, 4.69) is 48.5 Å². The molecule has 0 amide bonds. The van der Waals surface area contributed by atoms with E-state index in [9.17, 15) is 14.4 Å². The molecule has 300 valence electrons. The first-order valence-electron chi connectivity index (χ1n) is 22.5. The topological polar surface area (TPSA) is 69.7 Å². The maximum Gasteiger partial charge on any atom is 0.317 e. The second-order valence-electron chi connectivity index (χ2n) is 19.5. The standard InChI is InChI=1S/C43H70O5.2C2H6/c1-24(10-12-34-29(6)40(45)48-41(34)46)31-18-26(3)32(23-31)21-30-16-17-42(7)33(22-30)19-27(4)39-36-14-13-35(25(2)11-15-38(44)47-9)43(36,8)28(5)20-37(39)42;2*1-2/h24-37,39H,10-23H2,1-9H3;2*1-2H3. The van der Waals surface area contributed by atoms with E-state index in [4.69, 9.17) is 9.47 Å². The van der Waals surface area contributed by atoms with E-state index >= 15 is 0 Å². The van der Waals surface area contributed by atoms with Gasteiger partial charge in [-0.2, -0.15) is 0 Å². The summed E-state index contributed by atoms with van der Waals surface area (Å²) in [4.78, 5) is 36.0. The minimum Gasteiger partial charge on any atom is -0.469 e. The van der Waals surface area contributed by atoms with Gasteiger partial charge in [0, 0.05) is 6.42 Å². The van der Waals surface area contributed by atoms with Gasteiger partial charge in [0.2, 0.25) is 0 Å². The Hall–Kier alpha value is -1.39. The second kappa shape index (κ2) is 18.0. The number of rotatable bonds is 10. The average Bonchev–Trinajstić information content (AvgIpc) is 3.76. The zero-order valence-corrected chi connectivity index (χ0v) is 36.1. The third-order valence-corrected chi connectivity index (χ3v) is 17.4. The minimum atomic E-state index is -0.332. The molecule has 1 aliphatic heterocycles. The van der Waals surface area contributed by atoms with Gasteiger partial charge in [-0.1, -0.05) is 83.1 Å². The van der Waals surface area contributed by atoms with E-state index < -0.39 is 0 Å². The number of carbonyl (C=O) groups is 3. The summed E-state index contributed by atoms with van der Waals surface area (Å²) in [5, 5.41) is 0. The fourth-order valence-electron chi connectivity index (χ4n) is 14.2. The normalized spacial score (nSPS) is 44.8. The molecule has 6 aliphatic rings. The van der Waals surface area contributed by atoms with E-state index in [0.717, 1.165) is 84.4 Å². The molecule has 17 unspecified atom stereocenters. The van der Waals surface area contributed by atoms with Crippen LogP contribution >= 0.6 is 0 Å². The van der Waals surface area contributed by atoms with Crippen LogP contribution in [0.2, 0.25) is 0 Å². The first-order valence-corrected chi connectivity index (χ1v) is 22.5. The van der Waals surface area contributed by atoms with Gasteiger partial charge in [0.1, 0.15) is 0 Å². The van der Waals surface area contributed by atoms with Crippen molar-refractivity contribution in [1.29, 1.82) is 0 Å². The Morgan fingerprint density at radius 1 is 0.827 bits per heavy atom. The molecular formula is C47H82O5. The molecule has 0 N–H and O–H groups in total. The van der Waals surface area contributed by atoms with Crippen molar-refractivity contribution in [3.8, 4) is 0 Å². The molecule has 0 bridgehead atoms. The first kappa shape index (κ1) is 43.3. The van der Waals surface area contributed by atoms with Crippen molar-refractivity contribution >= 4 is 17.9 Å². The summed E-state index contributed by atoms with van der Waals surface area (Å²) in [5.41, 5.74) is 0.893. The van der Waals surface area contributed by atoms with Crippen LogP contribution < -0.4 is 0 Å². The summed E-state index contributed by atoms with van der Waals surface area (Å²) in [7, 11) is 1.52. The Kier molecular flexibility index (Phi) is 15.0. The lowest BCUT2D eigenvalue weighted by atomic mass is 9.40. The van der Waals surface area contributed by atoms with Crippen LogP contribution in [0.15, 0.2) is 0 Å². The Labute approximate surface area is 320 Å². The zero-order valence-electron chi connectivity index (χ0n) is 36.1. The van der Waals surface area contributed by atoms with Crippen LogP contribution in [0.4, 0.5) is 0 Å². The highest BCUT2D eigenvalue weighted by molar-refractivity contribution is 5.96. The number of carbonyl (C=O) groups excluding carboxylic acids is 3. The van der Waals surface area contributed by atoms with Crippen LogP contribution in [0.5, 0.6) is 0 Å². The van der Waals surface area contributed by atoms with Gasteiger partial charge in [-0.25, -0.2) is 0 Å². The summed E-state index contributed by atoms with van der Waals surface area (Å²) in [5.74, 6) is 8.99. The van der Waals surface area contributed by atoms with Crippen molar-refractivity contribution in [3.63, 3.8) is 0 Å². The largest absolute Gasteiger partial charge is 0.469 e. The summed E-state index contributed by atoms with van der Waals surface area (Å²) >= 11 is 0. The van der Waals surface area contributed by atoms with Crippen LogP contribution in [-0.4, -0.2) is 25.0 Å². The minimum absolute atomic E-state index is 0.0518. The van der Waals surface area contributed by atoms with Crippen molar-refractivity contribution < 1.29 is 23.9 Å². The summed E-state index contributed by atoms with van der Waals surface area (Å²) in [6.07, 6.45) is 17.3. The molecule has 0 radical (unpaired) electrons. The number of methoxy groups -OCH3 is 1. The van der Waals surface area contributed by atoms with E-state index in [-0.39, 0.29) is 29.7 Å². The van der Waals surface area contributed by atoms with Gasteiger partial charge in [-0.15, -0.1) is 0 Å². The highest BCUT2D eigenvalue weighted by atomic mass is 16.6. The number of cyclic esters (lactones) is 2. The molecule has 5 nitrogen and oxygen atoms in total. The third kappa shape index (κ3) is 8.24. The Morgan fingerprint density at radius 2 is 1.52 bits per heavy atom. The molecule has 0 spiro atoms. The molecule has 6 rings (SSSR count). The van der Waals surface area contributed by atoms with Gasteiger partial charge in [0.15, 0.2) is 0 Å². The Balaban J connectivity index is 0.00000146. The number of hydrogen-bond donors (Lipinski definition) is 0. The lowest BCUT2D eigenvalue weighted by Crippen LogP contribution is -2.58. The first-order chi connectivity index (χ1) is 24.7. The predicted octanol–water partition coefficient (Wildman–Crippen LogP) is 12.2. The smallest absolute Gasteiger partial charge is 0.317 e. The summed E-state index contributed by atoms with van der Waals surface area (Å²) in [6.45, 7) is 27.8. The zero-order chi connectivity index (χ0) is 38.7. The quantitative estimate of drug-likeness (QED) is 0.166. The Bertz CT molecular complexity index is 1200. The summed E-state index contributed by atoms with van der Waals surface area (Å²) < 4.78 is 9.91. The molecule has 52 heavy (non-hydrogen) atoms.